The molecule has 25 heavy (non-hydrogen) atoms. The highest BCUT2D eigenvalue weighted by atomic mass is 16.6. The summed E-state index contributed by atoms with van der Waals surface area (Å²) >= 11 is 0. The lowest BCUT2D eigenvalue weighted by Crippen LogP contribution is -2.56. The van der Waals surface area contributed by atoms with Crippen LogP contribution in [0.2, 0.25) is 0 Å². The molecule has 1 aliphatic rings. The molecular formula is C18H24N2O5. The molecular weight excluding hydrogens is 324 g/mol. The van der Waals surface area contributed by atoms with E-state index in [2.05, 4.69) is 5.43 Å². The topological polar surface area (TPSA) is 84.9 Å². The lowest BCUT2D eigenvalue weighted by Gasteiger charge is -2.33. The van der Waals surface area contributed by atoms with Gasteiger partial charge < -0.3 is 9.47 Å². The van der Waals surface area contributed by atoms with Gasteiger partial charge in [-0.1, -0.05) is 24.3 Å². The zero-order valence-electron chi connectivity index (χ0n) is 14.9. The van der Waals surface area contributed by atoms with E-state index in [-0.39, 0.29) is 18.0 Å². The summed E-state index contributed by atoms with van der Waals surface area (Å²) in [6.45, 7) is 6.78. The molecule has 0 aliphatic heterocycles. The highest BCUT2D eigenvalue weighted by Crippen LogP contribution is 2.24. The molecule has 0 fully saturated rings. The number of carbonyl (C=O) groups is 3. The van der Waals surface area contributed by atoms with Crippen LogP contribution in [0.1, 0.15) is 50.0 Å². The third-order valence-corrected chi connectivity index (χ3v) is 3.67. The monoisotopic (exact) mass is 348 g/mol. The van der Waals surface area contributed by atoms with Gasteiger partial charge in [-0.3, -0.25) is 4.79 Å². The number of ketones is 1. The Morgan fingerprint density at radius 3 is 2.40 bits per heavy atom. The van der Waals surface area contributed by atoms with Crippen molar-refractivity contribution in [3.05, 3.63) is 35.4 Å². The van der Waals surface area contributed by atoms with Crippen LogP contribution in [0.4, 0.5) is 9.59 Å². The van der Waals surface area contributed by atoms with Gasteiger partial charge in [0.25, 0.3) is 0 Å². The molecule has 0 saturated heterocycles. The van der Waals surface area contributed by atoms with Gasteiger partial charge >= 0.3 is 12.2 Å². The quantitative estimate of drug-likeness (QED) is 0.849. The van der Waals surface area contributed by atoms with Crippen molar-refractivity contribution in [2.45, 2.75) is 58.8 Å². The van der Waals surface area contributed by atoms with Crippen LogP contribution in [-0.4, -0.2) is 41.2 Å². The van der Waals surface area contributed by atoms with E-state index < -0.39 is 18.2 Å². The number of ether oxygens (including phenoxy) is 2. The molecule has 2 rings (SSSR count). The summed E-state index contributed by atoms with van der Waals surface area (Å²) in [7, 11) is 0. The number of hydrogen-bond acceptors (Lipinski definition) is 5. The van der Waals surface area contributed by atoms with Crippen LogP contribution in [0.25, 0.3) is 0 Å². The minimum atomic E-state index is -0.833. The summed E-state index contributed by atoms with van der Waals surface area (Å²) < 4.78 is 10.2. The molecule has 0 saturated carbocycles. The molecule has 1 aliphatic carbocycles. The highest BCUT2D eigenvalue weighted by molar-refractivity contribution is 6.03. The molecule has 136 valence electrons. The average molecular weight is 348 g/mol. The second-order valence-electron chi connectivity index (χ2n) is 6.44. The highest BCUT2D eigenvalue weighted by Gasteiger charge is 2.37. The summed E-state index contributed by atoms with van der Waals surface area (Å²) in [5.74, 6) is -0.229. The maximum absolute atomic E-state index is 12.8. The predicted molar refractivity (Wildman–Crippen MR) is 91.1 cm³/mol. The summed E-state index contributed by atoms with van der Waals surface area (Å²) in [5, 5.41) is 0.947. The van der Waals surface area contributed by atoms with Crippen molar-refractivity contribution in [3.8, 4) is 0 Å². The molecule has 0 heterocycles. The van der Waals surface area contributed by atoms with Crippen LogP contribution in [0, 0.1) is 0 Å². The molecule has 7 nitrogen and oxygen atoms in total. The van der Waals surface area contributed by atoms with Crippen molar-refractivity contribution in [1.82, 2.24) is 10.4 Å². The minimum Gasteiger partial charge on any atom is -0.446 e. The van der Waals surface area contributed by atoms with E-state index in [1.54, 1.807) is 39.8 Å². The number of aryl methyl sites for hydroxylation is 1. The number of hydrazine groups is 1. The number of nitrogens with zero attached hydrogens (tertiary/aromatic N) is 1. The molecule has 0 spiro atoms. The van der Waals surface area contributed by atoms with E-state index >= 15 is 0 Å². The third kappa shape index (κ3) is 4.71. The largest absolute Gasteiger partial charge is 0.446 e. The summed E-state index contributed by atoms with van der Waals surface area (Å²) in [5.41, 5.74) is 3.85. The van der Waals surface area contributed by atoms with Gasteiger partial charge in [0.05, 0.1) is 12.2 Å². The van der Waals surface area contributed by atoms with Crippen LogP contribution >= 0.6 is 0 Å². The van der Waals surface area contributed by atoms with E-state index in [0.29, 0.717) is 18.4 Å². The van der Waals surface area contributed by atoms with E-state index in [4.69, 9.17) is 9.47 Å². The van der Waals surface area contributed by atoms with Crippen molar-refractivity contribution >= 4 is 18.0 Å². The van der Waals surface area contributed by atoms with Crippen LogP contribution in [-0.2, 0) is 15.9 Å². The lowest BCUT2D eigenvalue weighted by molar-refractivity contribution is 0.0279. The molecule has 0 aromatic heterocycles. The molecule has 0 unspecified atom stereocenters. The van der Waals surface area contributed by atoms with Gasteiger partial charge in [0.15, 0.2) is 5.78 Å². The fourth-order valence-corrected chi connectivity index (χ4v) is 2.68. The third-order valence-electron chi connectivity index (χ3n) is 3.67. The number of rotatable bonds is 3. The average Bonchev–Trinajstić information content (AvgIpc) is 2.52. The van der Waals surface area contributed by atoms with Crippen LogP contribution in [0.15, 0.2) is 24.3 Å². The Bertz CT molecular complexity index is 657. The molecule has 1 N–H and O–H groups in total. The van der Waals surface area contributed by atoms with Gasteiger partial charge in [-0.15, -0.1) is 0 Å². The van der Waals surface area contributed by atoms with Crippen molar-refractivity contribution < 1.29 is 23.9 Å². The Morgan fingerprint density at radius 2 is 1.76 bits per heavy atom. The number of Topliss-reactive ketones (excluding diaryl/α,β-unsaturated/α-hetero) is 1. The van der Waals surface area contributed by atoms with Gasteiger partial charge in [-0.05, 0) is 46.1 Å². The van der Waals surface area contributed by atoms with Crippen LogP contribution < -0.4 is 5.43 Å². The molecule has 1 atom stereocenters. The number of carbonyl (C=O) groups excluding carboxylic acids is 3. The number of nitrogens with one attached hydrogen (secondary N) is 1. The maximum atomic E-state index is 12.8. The SMILES string of the molecule is CC(C)OC(=O)NN(C(=O)OC(C)C)[C@H]1CCc2ccccc2C1=O. The van der Waals surface area contributed by atoms with E-state index in [0.717, 1.165) is 10.6 Å². The smallest absolute Gasteiger partial charge is 0.429 e. The Balaban J connectivity index is 2.24. The Labute approximate surface area is 147 Å². The summed E-state index contributed by atoms with van der Waals surface area (Å²) in [4.78, 5) is 37.2. The second-order valence-corrected chi connectivity index (χ2v) is 6.44. The number of benzene rings is 1. The first-order chi connectivity index (χ1) is 11.8. The molecule has 0 radical (unpaired) electrons. The Kier molecular flexibility index (Phi) is 6.01. The molecule has 7 heteroatoms. The summed E-state index contributed by atoms with van der Waals surface area (Å²) in [6.07, 6.45) is -1.31. The predicted octanol–water partition coefficient (Wildman–Crippen LogP) is 3.08. The first kappa shape index (κ1) is 18.8. The van der Waals surface area contributed by atoms with E-state index in [1.807, 2.05) is 12.1 Å². The zero-order valence-corrected chi connectivity index (χ0v) is 14.9. The van der Waals surface area contributed by atoms with Gasteiger partial charge in [-0.2, -0.15) is 0 Å². The first-order valence-electron chi connectivity index (χ1n) is 8.38. The van der Waals surface area contributed by atoms with E-state index in [9.17, 15) is 14.4 Å². The zero-order chi connectivity index (χ0) is 18.6. The lowest BCUT2D eigenvalue weighted by atomic mass is 9.87. The standard InChI is InChI=1S/C18H24N2O5/c1-11(2)24-17(22)19-20(18(23)25-12(3)4)15-10-9-13-7-5-6-8-14(13)16(15)21/h5-8,11-12,15H,9-10H2,1-4H3,(H,19,22)/t15-/m0/s1. The van der Waals surface area contributed by atoms with Crippen LogP contribution in [0.5, 0.6) is 0 Å². The number of amides is 2. The maximum Gasteiger partial charge on any atom is 0.429 e. The normalized spacial score (nSPS) is 16.4. The fraction of sp³-hybridized carbons (Fsp3) is 0.500. The van der Waals surface area contributed by atoms with Gasteiger partial charge in [-0.25, -0.2) is 20.0 Å². The number of hydrogen-bond donors (Lipinski definition) is 1. The van der Waals surface area contributed by atoms with Gasteiger partial charge in [0, 0.05) is 5.56 Å². The minimum absolute atomic E-state index is 0.229. The van der Waals surface area contributed by atoms with Gasteiger partial charge in [0.2, 0.25) is 0 Å². The van der Waals surface area contributed by atoms with E-state index in [1.165, 1.54) is 0 Å². The first-order valence-corrected chi connectivity index (χ1v) is 8.38. The van der Waals surface area contributed by atoms with Crippen molar-refractivity contribution in [1.29, 1.82) is 0 Å². The molecule has 1 aromatic carbocycles. The van der Waals surface area contributed by atoms with Crippen molar-refractivity contribution in [2.24, 2.45) is 0 Å². The van der Waals surface area contributed by atoms with Crippen LogP contribution in [0.3, 0.4) is 0 Å². The second kappa shape index (κ2) is 8.00. The molecule has 1 aromatic rings. The molecule has 2 amide bonds. The Hall–Kier alpha value is -2.57. The fourth-order valence-electron chi connectivity index (χ4n) is 2.68. The Morgan fingerprint density at radius 1 is 1.12 bits per heavy atom. The van der Waals surface area contributed by atoms with Gasteiger partial charge in [0.1, 0.15) is 6.04 Å². The van der Waals surface area contributed by atoms with Crippen molar-refractivity contribution in [3.63, 3.8) is 0 Å². The van der Waals surface area contributed by atoms with Crippen molar-refractivity contribution in [2.75, 3.05) is 0 Å². The molecule has 0 bridgehead atoms. The summed E-state index contributed by atoms with van der Waals surface area (Å²) in [6, 6.07) is 6.43. The number of fused-ring (bicyclic) bond motifs is 1.